The summed E-state index contributed by atoms with van der Waals surface area (Å²) in [6.07, 6.45) is 6.46. The first kappa shape index (κ1) is 25.3. The molecule has 0 bridgehead atoms. The van der Waals surface area contributed by atoms with Gasteiger partial charge in [-0.1, -0.05) is 30.4 Å². The third-order valence-corrected chi connectivity index (χ3v) is 4.88. The highest BCUT2D eigenvalue weighted by molar-refractivity contribution is 5.78. The summed E-state index contributed by atoms with van der Waals surface area (Å²) in [4.78, 5) is 0. The summed E-state index contributed by atoms with van der Waals surface area (Å²) in [5.41, 5.74) is 1.58. The first-order chi connectivity index (χ1) is 16.2. The molecule has 12 heteroatoms. The zero-order valence-electron chi connectivity index (χ0n) is 17.5. The Kier molecular flexibility index (Phi) is 8.32. The van der Waals surface area contributed by atoms with Crippen LogP contribution in [0.4, 0.5) is 22.7 Å². The van der Waals surface area contributed by atoms with Crippen molar-refractivity contribution in [2.24, 2.45) is 0 Å². The van der Waals surface area contributed by atoms with Gasteiger partial charge in [-0.15, -0.1) is 0 Å². The molecule has 0 amide bonds. The molecule has 3 rings (SSSR count). The number of hydrogen-bond acceptors (Lipinski definition) is 8. The van der Waals surface area contributed by atoms with Gasteiger partial charge in [-0.25, -0.2) is 20.8 Å². The molecule has 0 fully saturated rings. The standard InChI is InChI=1S/C22H22N4O8/c27-23(28)19-10-8-17(21(13-19)25(31)32)6-4-15-2-1-3-16(12-15)5-7-18-9-11-20(24(29)30)14-22(18)26(33)34/h1-14,23-27,29,31,33H. The van der Waals surface area contributed by atoms with E-state index in [0.29, 0.717) is 11.1 Å². The lowest BCUT2D eigenvalue weighted by Crippen LogP contribution is -3.01. The van der Waals surface area contributed by atoms with Crippen molar-refractivity contribution in [3.8, 4) is 0 Å². The second-order valence-electron chi connectivity index (χ2n) is 7.16. The fourth-order valence-electron chi connectivity index (χ4n) is 3.18. The minimum absolute atomic E-state index is 0.126. The average molecular weight is 470 g/mol. The van der Waals surface area contributed by atoms with E-state index in [-0.39, 0.29) is 22.7 Å². The van der Waals surface area contributed by atoms with Gasteiger partial charge in [0, 0.05) is 23.3 Å². The van der Waals surface area contributed by atoms with Gasteiger partial charge in [0.15, 0.2) is 22.7 Å². The normalized spacial score (nSPS) is 15.5. The molecular formula is C22H22N4O8. The summed E-state index contributed by atoms with van der Waals surface area (Å²) in [6.45, 7) is 0. The maximum Gasteiger partial charge on any atom is 0.177 e. The number of hydrogen-bond donors (Lipinski definition) is 8. The minimum Gasteiger partial charge on any atom is -0.595 e. The van der Waals surface area contributed by atoms with Crippen molar-refractivity contribution in [1.29, 1.82) is 0 Å². The van der Waals surface area contributed by atoms with Crippen LogP contribution in [0.2, 0.25) is 0 Å². The molecule has 0 saturated carbocycles. The van der Waals surface area contributed by atoms with Crippen LogP contribution in [-0.2, 0) is 0 Å². The van der Waals surface area contributed by atoms with Crippen LogP contribution in [0.25, 0.3) is 24.3 Å². The highest BCUT2D eigenvalue weighted by Crippen LogP contribution is 2.21. The van der Waals surface area contributed by atoms with Crippen LogP contribution in [0.5, 0.6) is 0 Å². The largest absolute Gasteiger partial charge is 0.595 e. The molecular weight excluding hydrogens is 448 g/mol. The van der Waals surface area contributed by atoms with Gasteiger partial charge in [0.05, 0.1) is 12.1 Å². The molecule has 0 aliphatic heterocycles. The lowest BCUT2D eigenvalue weighted by Gasteiger charge is -2.17. The van der Waals surface area contributed by atoms with E-state index >= 15 is 0 Å². The zero-order valence-corrected chi connectivity index (χ0v) is 17.5. The van der Waals surface area contributed by atoms with Crippen molar-refractivity contribution >= 4 is 47.1 Å². The maximum atomic E-state index is 11.5. The molecule has 0 spiro atoms. The van der Waals surface area contributed by atoms with Crippen molar-refractivity contribution in [3.05, 3.63) is 104 Å². The molecule has 0 aliphatic carbocycles. The van der Waals surface area contributed by atoms with Crippen LogP contribution in [-0.4, -0.2) is 20.8 Å². The Morgan fingerprint density at radius 1 is 0.500 bits per heavy atom. The Bertz CT molecular complexity index is 1110. The van der Waals surface area contributed by atoms with Gasteiger partial charge in [-0.2, -0.15) is 20.9 Å². The summed E-state index contributed by atoms with van der Waals surface area (Å²) in [6, 6.07) is 14.8. The van der Waals surface area contributed by atoms with Crippen LogP contribution in [0.15, 0.2) is 60.7 Å². The monoisotopic (exact) mass is 470 g/mol. The predicted molar refractivity (Wildman–Crippen MR) is 120 cm³/mol. The van der Waals surface area contributed by atoms with Crippen molar-refractivity contribution in [1.82, 2.24) is 0 Å². The highest BCUT2D eigenvalue weighted by atomic mass is 16.8. The summed E-state index contributed by atoms with van der Waals surface area (Å²) < 4.78 is 0. The second-order valence-corrected chi connectivity index (χ2v) is 7.16. The summed E-state index contributed by atoms with van der Waals surface area (Å²) in [7, 11) is 0. The van der Waals surface area contributed by atoms with Gasteiger partial charge in [-0.3, -0.25) is 0 Å². The molecule has 4 atom stereocenters. The summed E-state index contributed by atoms with van der Waals surface area (Å²) in [5, 5.41) is 77.2. The van der Waals surface area contributed by atoms with Gasteiger partial charge >= 0.3 is 0 Å². The Morgan fingerprint density at radius 3 is 1.26 bits per heavy atom. The molecule has 0 heterocycles. The molecule has 3 aromatic carbocycles. The number of rotatable bonds is 8. The maximum absolute atomic E-state index is 11.5. The third-order valence-electron chi connectivity index (χ3n) is 4.88. The molecule has 0 aliphatic rings. The molecule has 12 nitrogen and oxygen atoms in total. The first-order valence-electron chi connectivity index (χ1n) is 9.83. The molecule has 0 radical (unpaired) electrons. The van der Waals surface area contributed by atoms with Gasteiger partial charge in [0.25, 0.3) is 0 Å². The van der Waals surface area contributed by atoms with E-state index in [2.05, 4.69) is 0 Å². The molecule has 4 unspecified atom stereocenters. The van der Waals surface area contributed by atoms with E-state index in [1.807, 2.05) is 0 Å². The van der Waals surface area contributed by atoms with Gasteiger partial charge in [-0.05, 0) is 41.5 Å². The molecule has 8 N–H and O–H groups in total. The van der Waals surface area contributed by atoms with Crippen molar-refractivity contribution in [2.45, 2.75) is 0 Å². The number of nitrogens with one attached hydrogen (secondary N) is 4. The number of quaternary nitrogens is 4. The Balaban J connectivity index is 1.85. The molecule has 34 heavy (non-hydrogen) atoms. The Morgan fingerprint density at radius 2 is 0.912 bits per heavy atom. The zero-order chi connectivity index (χ0) is 24.8. The van der Waals surface area contributed by atoms with Crippen molar-refractivity contribution in [3.63, 3.8) is 0 Å². The van der Waals surface area contributed by atoms with Gasteiger partial charge in [0.2, 0.25) is 0 Å². The third kappa shape index (κ3) is 6.37. The van der Waals surface area contributed by atoms with E-state index in [1.165, 1.54) is 24.3 Å². The smallest absolute Gasteiger partial charge is 0.177 e. The lowest BCUT2D eigenvalue weighted by atomic mass is 10.1. The highest BCUT2D eigenvalue weighted by Gasteiger charge is 2.13. The van der Waals surface area contributed by atoms with Crippen molar-refractivity contribution < 1.29 is 41.7 Å². The Hall–Kier alpha value is -3.34. The van der Waals surface area contributed by atoms with Crippen LogP contribution >= 0.6 is 0 Å². The summed E-state index contributed by atoms with van der Waals surface area (Å²) in [5.74, 6) is 0. The second kappa shape index (κ2) is 11.2. The molecule has 0 saturated heterocycles. The Labute approximate surface area is 193 Å². The van der Waals surface area contributed by atoms with E-state index in [4.69, 9.17) is 10.4 Å². The number of benzene rings is 3. The topological polar surface area (TPSA) is 191 Å². The SMILES string of the molecule is [O-][NH+](O)c1ccc(C=Cc2cccc(C=Cc3ccc([NH+]([O-])O)cc3[NH+]([O-])O)c2)c([NH+]([O-])O)c1. The summed E-state index contributed by atoms with van der Waals surface area (Å²) >= 11 is 0. The fraction of sp³-hybridized carbons (Fsp3) is 0. The van der Waals surface area contributed by atoms with Crippen LogP contribution in [0.1, 0.15) is 22.3 Å². The van der Waals surface area contributed by atoms with E-state index in [9.17, 15) is 31.2 Å². The lowest BCUT2D eigenvalue weighted by molar-refractivity contribution is -0.996. The molecule has 0 aromatic heterocycles. The van der Waals surface area contributed by atoms with Crippen molar-refractivity contribution in [2.75, 3.05) is 0 Å². The van der Waals surface area contributed by atoms with Gasteiger partial charge in [0.1, 0.15) is 0 Å². The first-order valence-corrected chi connectivity index (χ1v) is 9.83. The van der Waals surface area contributed by atoms with Crippen LogP contribution in [0, 0.1) is 20.8 Å². The van der Waals surface area contributed by atoms with E-state index < -0.39 is 20.9 Å². The minimum atomic E-state index is -1.25. The van der Waals surface area contributed by atoms with Gasteiger partial charge < -0.3 is 20.8 Å². The molecule has 3 aromatic rings. The van der Waals surface area contributed by atoms with E-state index in [1.54, 1.807) is 48.6 Å². The van der Waals surface area contributed by atoms with Crippen LogP contribution in [0.3, 0.4) is 0 Å². The predicted octanol–water partition coefficient (Wildman–Crippen LogP) is -0.359. The van der Waals surface area contributed by atoms with Crippen LogP contribution < -0.4 is 20.9 Å². The van der Waals surface area contributed by atoms with E-state index in [0.717, 1.165) is 23.3 Å². The fourth-order valence-corrected chi connectivity index (χ4v) is 3.18. The molecule has 178 valence electrons. The quantitative estimate of drug-likeness (QED) is 0.162. The average Bonchev–Trinajstić information content (AvgIpc) is 2.81.